The molecular formula is C49H63NO5. The van der Waals surface area contributed by atoms with E-state index in [1.54, 1.807) is 0 Å². The van der Waals surface area contributed by atoms with Crippen molar-refractivity contribution in [3.63, 3.8) is 0 Å². The number of ether oxygens (including phenoxy) is 2. The van der Waals surface area contributed by atoms with E-state index in [9.17, 15) is 9.59 Å². The van der Waals surface area contributed by atoms with Crippen LogP contribution < -0.4 is 14.8 Å². The molecule has 294 valence electrons. The molecule has 0 aliphatic heterocycles. The Morgan fingerprint density at radius 2 is 1.07 bits per heavy atom. The van der Waals surface area contributed by atoms with Crippen molar-refractivity contribution in [2.45, 2.75) is 118 Å². The van der Waals surface area contributed by atoms with Gasteiger partial charge >= 0.3 is 5.97 Å². The summed E-state index contributed by atoms with van der Waals surface area (Å²) in [6, 6.07) is 32.6. The number of carbonyl (C=O) groups is 2. The normalized spacial score (nSPS) is 20.1. The summed E-state index contributed by atoms with van der Waals surface area (Å²) < 4.78 is 12.6. The third-order valence-corrected chi connectivity index (χ3v) is 11.5. The summed E-state index contributed by atoms with van der Waals surface area (Å²) in [5.41, 5.74) is 7.05. The summed E-state index contributed by atoms with van der Waals surface area (Å²) in [6.07, 6.45) is 11.1. The molecule has 0 amide bonds. The van der Waals surface area contributed by atoms with E-state index in [1.807, 2.05) is 42.5 Å². The average molecular weight is 746 g/mol. The molecule has 55 heavy (non-hydrogen) atoms. The molecule has 6 heteroatoms. The monoisotopic (exact) mass is 745 g/mol. The van der Waals surface area contributed by atoms with Gasteiger partial charge < -0.3 is 19.9 Å². The fourth-order valence-electron chi connectivity index (χ4n) is 8.06. The third-order valence-electron chi connectivity index (χ3n) is 11.5. The maximum Gasteiger partial charge on any atom is 0.304 e. The minimum absolute atomic E-state index is 0.136. The fourth-order valence-corrected chi connectivity index (χ4v) is 8.06. The molecule has 0 bridgehead atoms. The highest BCUT2D eigenvalue weighted by Crippen LogP contribution is 2.40. The van der Waals surface area contributed by atoms with Gasteiger partial charge in [0, 0.05) is 18.7 Å². The molecule has 0 heterocycles. The van der Waals surface area contributed by atoms with Gasteiger partial charge in [0.2, 0.25) is 0 Å². The SMILES string of the molecule is CC(C)(C)C1CCC(Oc2cccc(-c3cccc(C=O)c3)c2)CC1.CC(C)(C)C1CCC(Oc2cccc(-c3cccc(CNCCC(=O)O)c3)c2)CC1. The maximum absolute atomic E-state index is 11.0. The Morgan fingerprint density at radius 3 is 1.53 bits per heavy atom. The highest BCUT2D eigenvalue weighted by atomic mass is 16.5. The number of carboxylic acid groups (broad SMARTS) is 1. The summed E-state index contributed by atoms with van der Waals surface area (Å²) in [5, 5.41) is 11.9. The van der Waals surface area contributed by atoms with Crippen LogP contribution in [0.1, 0.15) is 115 Å². The van der Waals surface area contributed by atoms with Crippen LogP contribution in [0.3, 0.4) is 0 Å². The summed E-state index contributed by atoms with van der Waals surface area (Å²) in [5.74, 6) is 2.67. The van der Waals surface area contributed by atoms with Crippen molar-refractivity contribution in [3.05, 3.63) is 108 Å². The van der Waals surface area contributed by atoms with Crippen LogP contribution in [0.4, 0.5) is 0 Å². The second-order valence-electron chi connectivity index (χ2n) is 17.7. The highest BCUT2D eigenvalue weighted by molar-refractivity contribution is 5.79. The van der Waals surface area contributed by atoms with Crippen LogP contribution in [-0.2, 0) is 11.3 Å². The molecule has 0 aromatic heterocycles. The zero-order valence-electron chi connectivity index (χ0n) is 34.0. The molecular weight excluding hydrogens is 683 g/mol. The lowest BCUT2D eigenvalue weighted by Gasteiger charge is -2.37. The van der Waals surface area contributed by atoms with Gasteiger partial charge in [-0.3, -0.25) is 9.59 Å². The minimum Gasteiger partial charge on any atom is -0.490 e. The van der Waals surface area contributed by atoms with Gasteiger partial charge in [0.15, 0.2) is 0 Å². The first-order valence-electron chi connectivity index (χ1n) is 20.4. The summed E-state index contributed by atoms with van der Waals surface area (Å²) in [4.78, 5) is 21.6. The average Bonchev–Trinajstić information content (AvgIpc) is 3.17. The molecule has 2 aliphatic rings. The number of nitrogens with one attached hydrogen (secondary N) is 1. The van der Waals surface area contributed by atoms with E-state index in [0.717, 1.165) is 83.1 Å². The standard InChI is InChI=1S/C26H35NO3.C23H28O2/c1-26(2,3)22-10-12-23(13-11-22)30-24-9-5-8-21(17-24)20-7-4-6-19(16-20)18-27-15-14-25(28)29;1-23(2,3)20-10-12-21(13-11-20)25-22-9-5-8-19(15-22)18-7-4-6-17(14-18)16-24/h4-9,16-17,22-23,27H,10-15,18H2,1-3H3,(H,28,29);4-9,14-16,20-21H,10-13H2,1-3H3. The van der Waals surface area contributed by atoms with Crippen LogP contribution in [0.25, 0.3) is 22.3 Å². The van der Waals surface area contributed by atoms with Gasteiger partial charge in [0.25, 0.3) is 0 Å². The van der Waals surface area contributed by atoms with Gasteiger partial charge in [-0.25, -0.2) is 0 Å². The number of carbonyl (C=O) groups excluding carboxylic acids is 1. The smallest absolute Gasteiger partial charge is 0.304 e. The van der Waals surface area contributed by atoms with Crippen LogP contribution >= 0.6 is 0 Å². The number of carboxylic acids is 1. The van der Waals surface area contributed by atoms with Crippen molar-refractivity contribution in [1.82, 2.24) is 5.32 Å². The van der Waals surface area contributed by atoms with Crippen molar-refractivity contribution in [2.24, 2.45) is 22.7 Å². The molecule has 4 aromatic carbocycles. The van der Waals surface area contributed by atoms with Crippen LogP contribution in [0, 0.1) is 22.7 Å². The number of rotatable bonds is 12. The number of aliphatic carboxylic acids is 1. The van der Waals surface area contributed by atoms with E-state index in [4.69, 9.17) is 14.6 Å². The predicted molar refractivity (Wildman–Crippen MR) is 225 cm³/mol. The molecule has 0 atom stereocenters. The topological polar surface area (TPSA) is 84.9 Å². The summed E-state index contributed by atoms with van der Waals surface area (Å²) in [7, 11) is 0. The van der Waals surface area contributed by atoms with Crippen LogP contribution in [-0.4, -0.2) is 36.1 Å². The largest absolute Gasteiger partial charge is 0.490 e. The fraction of sp³-hybridized carbons (Fsp3) is 0.469. The van der Waals surface area contributed by atoms with Crippen molar-refractivity contribution >= 4 is 12.3 Å². The Hall–Kier alpha value is -4.42. The van der Waals surface area contributed by atoms with E-state index in [0.29, 0.717) is 41.7 Å². The number of aldehydes is 1. The molecule has 0 spiro atoms. The Morgan fingerprint density at radius 1 is 0.636 bits per heavy atom. The molecule has 0 unspecified atom stereocenters. The number of hydrogen-bond donors (Lipinski definition) is 2. The molecule has 0 radical (unpaired) electrons. The summed E-state index contributed by atoms with van der Waals surface area (Å²) in [6.45, 7) is 15.2. The number of hydrogen-bond acceptors (Lipinski definition) is 5. The van der Waals surface area contributed by atoms with Crippen LogP contribution in [0.2, 0.25) is 0 Å². The Bertz CT molecular complexity index is 1820. The second-order valence-corrected chi connectivity index (χ2v) is 17.7. The Labute approximate surface area is 330 Å². The van der Waals surface area contributed by atoms with Gasteiger partial charge in [-0.15, -0.1) is 0 Å². The molecule has 2 fully saturated rings. The van der Waals surface area contributed by atoms with Crippen molar-refractivity contribution in [2.75, 3.05) is 6.54 Å². The molecule has 4 aromatic rings. The molecule has 2 saturated carbocycles. The van der Waals surface area contributed by atoms with E-state index in [2.05, 4.69) is 101 Å². The van der Waals surface area contributed by atoms with E-state index >= 15 is 0 Å². The lowest BCUT2D eigenvalue weighted by Crippen LogP contribution is -2.30. The van der Waals surface area contributed by atoms with E-state index in [-0.39, 0.29) is 6.42 Å². The highest BCUT2D eigenvalue weighted by Gasteiger charge is 2.31. The van der Waals surface area contributed by atoms with Crippen LogP contribution in [0.15, 0.2) is 97.1 Å². The van der Waals surface area contributed by atoms with E-state index < -0.39 is 5.97 Å². The zero-order chi connectivity index (χ0) is 39.4. The molecule has 2 N–H and O–H groups in total. The van der Waals surface area contributed by atoms with Crippen molar-refractivity contribution < 1.29 is 24.2 Å². The van der Waals surface area contributed by atoms with Gasteiger partial charge in [-0.2, -0.15) is 0 Å². The van der Waals surface area contributed by atoms with Crippen molar-refractivity contribution in [3.8, 4) is 33.8 Å². The first-order valence-corrected chi connectivity index (χ1v) is 20.4. The van der Waals surface area contributed by atoms with Gasteiger partial charge in [0.05, 0.1) is 18.6 Å². The predicted octanol–water partition coefficient (Wildman–Crippen LogP) is 12.1. The summed E-state index contributed by atoms with van der Waals surface area (Å²) >= 11 is 0. The van der Waals surface area contributed by atoms with Gasteiger partial charge in [-0.1, -0.05) is 102 Å². The molecule has 0 saturated heterocycles. The lowest BCUT2D eigenvalue weighted by atomic mass is 9.72. The quantitative estimate of drug-likeness (QED) is 0.111. The van der Waals surface area contributed by atoms with Gasteiger partial charge in [-0.05, 0) is 138 Å². The Balaban J connectivity index is 0.000000214. The van der Waals surface area contributed by atoms with E-state index in [1.165, 1.54) is 25.7 Å². The van der Waals surface area contributed by atoms with Crippen LogP contribution in [0.5, 0.6) is 11.5 Å². The molecule has 2 aliphatic carbocycles. The second kappa shape index (κ2) is 19.4. The number of benzene rings is 4. The zero-order valence-corrected chi connectivity index (χ0v) is 34.0. The van der Waals surface area contributed by atoms with Gasteiger partial charge in [0.1, 0.15) is 17.8 Å². The maximum atomic E-state index is 11.0. The third kappa shape index (κ3) is 13.1. The van der Waals surface area contributed by atoms with Crippen molar-refractivity contribution in [1.29, 1.82) is 0 Å². The molecule has 6 nitrogen and oxygen atoms in total. The Kier molecular flexibility index (Phi) is 14.8. The minimum atomic E-state index is -0.778. The molecule has 6 rings (SSSR count). The first-order chi connectivity index (χ1) is 26.3. The lowest BCUT2D eigenvalue weighted by molar-refractivity contribution is -0.136. The first kappa shape index (κ1) is 41.7.